The number of hydrogen-bond donors (Lipinski definition) is 1. The molecule has 2 radical (unpaired) electrons. The van der Waals surface area contributed by atoms with E-state index in [0.29, 0.717) is 17.6 Å². The lowest BCUT2D eigenvalue weighted by Crippen LogP contribution is -2.40. The van der Waals surface area contributed by atoms with Gasteiger partial charge >= 0.3 is 5.97 Å². The molecule has 6 heteroatoms. The number of nitrogens with zero attached hydrogens (tertiary/aromatic N) is 2. The van der Waals surface area contributed by atoms with Crippen LogP contribution in [0.3, 0.4) is 0 Å². The van der Waals surface area contributed by atoms with Gasteiger partial charge in [-0.15, -0.1) is 0 Å². The Morgan fingerprint density at radius 1 is 1.43 bits per heavy atom. The Kier molecular flexibility index (Phi) is 4.52. The van der Waals surface area contributed by atoms with E-state index in [1.54, 1.807) is 13.1 Å². The highest BCUT2D eigenvalue weighted by molar-refractivity contribution is 6.33. The van der Waals surface area contributed by atoms with Gasteiger partial charge in [0.05, 0.1) is 17.8 Å². The number of ether oxygens (including phenoxy) is 1. The third kappa shape index (κ3) is 3.17. The summed E-state index contributed by atoms with van der Waals surface area (Å²) in [5, 5.41) is 0.881. The van der Waals surface area contributed by atoms with Gasteiger partial charge in [-0.05, 0) is 25.8 Å². The number of hydrogen-bond acceptors (Lipinski definition) is 5. The van der Waals surface area contributed by atoms with E-state index in [1.165, 1.54) is 0 Å². The van der Waals surface area contributed by atoms with Crippen LogP contribution >= 0.6 is 0 Å². The molecule has 1 aromatic carbocycles. The lowest BCUT2D eigenvalue weighted by Gasteiger charge is -2.33. The van der Waals surface area contributed by atoms with Crippen LogP contribution in [0.15, 0.2) is 24.4 Å². The van der Waals surface area contributed by atoms with E-state index in [2.05, 4.69) is 9.88 Å². The molecule has 2 heterocycles. The molecule has 23 heavy (non-hydrogen) atoms. The predicted molar refractivity (Wildman–Crippen MR) is 92.5 cm³/mol. The van der Waals surface area contributed by atoms with E-state index in [1.807, 2.05) is 18.2 Å². The third-order valence-electron chi connectivity index (χ3n) is 4.21. The average Bonchev–Trinajstić information content (AvgIpc) is 2.55. The Morgan fingerprint density at radius 3 is 2.87 bits per heavy atom. The Balaban J connectivity index is 2.14. The van der Waals surface area contributed by atoms with Crippen molar-refractivity contribution in [3.05, 3.63) is 30.0 Å². The first kappa shape index (κ1) is 15.8. The Morgan fingerprint density at radius 2 is 2.17 bits per heavy atom. The van der Waals surface area contributed by atoms with Crippen molar-refractivity contribution in [3.8, 4) is 0 Å². The standard InChI is InChI=1S/C17H20BN3O2/c1-2-23-17(22)14-10-20-15-4-3-11(18)9-13(15)16(14)21-7-5-12(19)6-8-21/h3-4,9-10,12H,2,5-8,19H2,1H3. The van der Waals surface area contributed by atoms with Gasteiger partial charge in [-0.1, -0.05) is 17.6 Å². The third-order valence-corrected chi connectivity index (χ3v) is 4.21. The Bertz CT molecular complexity index is 727. The molecule has 0 saturated carbocycles. The maximum Gasteiger partial charge on any atom is 0.341 e. The van der Waals surface area contributed by atoms with Crippen LogP contribution in [0.5, 0.6) is 0 Å². The summed E-state index contributed by atoms with van der Waals surface area (Å²) in [6.07, 6.45) is 3.39. The molecule has 0 amide bonds. The fourth-order valence-corrected chi connectivity index (χ4v) is 3.02. The minimum Gasteiger partial charge on any atom is -0.462 e. The molecule has 1 aromatic heterocycles. The first-order chi connectivity index (χ1) is 11.1. The molecule has 0 unspecified atom stereocenters. The summed E-state index contributed by atoms with van der Waals surface area (Å²) in [4.78, 5) is 18.9. The number of fused-ring (bicyclic) bond motifs is 1. The Hall–Kier alpha value is -2.08. The fraction of sp³-hybridized carbons (Fsp3) is 0.412. The van der Waals surface area contributed by atoms with E-state index >= 15 is 0 Å². The van der Waals surface area contributed by atoms with Crippen molar-refractivity contribution in [1.82, 2.24) is 4.98 Å². The maximum atomic E-state index is 12.4. The summed E-state index contributed by atoms with van der Waals surface area (Å²) in [6, 6.07) is 5.78. The first-order valence-electron chi connectivity index (χ1n) is 7.96. The number of nitrogens with two attached hydrogens (primary N) is 1. The second-order valence-electron chi connectivity index (χ2n) is 5.84. The lowest BCUT2D eigenvalue weighted by atomic mass is 9.93. The number of benzene rings is 1. The minimum absolute atomic E-state index is 0.218. The highest BCUT2D eigenvalue weighted by Crippen LogP contribution is 2.31. The van der Waals surface area contributed by atoms with Crippen molar-refractivity contribution in [1.29, 1.82) is 0 Å². The number of aromatic nitrogens is 1. The number of piperidine rings is 1. The van der Waals surface area contributed by atoms with E-state index in [-0.39, 0.29) is 12.0 Å². The molecule has 118 valence electrons. The first-order valence-corrected chi connectivity index (χ1v) is 7.96. The second kappa shape index (κ2) is 6.58. The van der Waals surface area contributed by atoms with Gasteiger partial charge in [-0.2, -0.15) is 0 Å². The molecule has 1 fully saturated rings. The normalized spacial score (nSPS) is 15.8. The number of anilines is 1. The van der Waals surface area contributed by atoms with Gasteiger partial charge in [-0.25, -0.2) is 4.79 Å². The average molecular weight is 309 g/mol. The number of esters is 1. The largest absolute Gasteiger partial charge is 0.462 e. The van der Waals surface area contributed by atoms with E-state index in [4.69, 9.17) is 18.3 Å². The van der Waals surface area contributed by atoms with Gasteiger partial charge < -0.3 is 15.4 Å². The van der Waals surface area contributed by atoms with Crippen molar-refractivity contribution in [2.75, 3.05) is 24.6 Å². The van der Waals surface area contributed by atoms with Gasteiger partial charge in [0.25, 0.3) is 0 Å². The van der Waals surface area contributed by atoms with Gasteiger partial charge in [0.2, 0.25) is 0 Å². The van der Waals surface area contributed by atoms with Gasteiger partial charge in [-0.3, -0.25) is 4.98 Å². The number of pyridine rings is 1. The van der Waals surface area contributed by atoms with Gasteiger partial charge in [0.1, 0.15) is 13.4 Å². The molecule has 3 rings (SSSR count). The molecule has 0 spiro atoms. The van der Waals surface area contributed by atoms with Crippen LogP contribution < -0.4 is 16.1 Å². The van der Waals surface area contributed by atoms with Crippen molar-refractivity contribution in [3.63, 3.8) is 0 Å². The van der Waals surface area contributed by atoms with Gasteiger partial charge in [0, 0.05) is 30.7 Å². The smallest absolute Gasteiger partial charge is 0.341 e. The van der Waals surface area contributed by atoms with Crippen molar-refractivity contribution < 1.29 is 9.53 Å². The summed E-state index contributed by atoms with van der Waals surface area (Å²) in [7, 11) is 5.95. The molecular weight excluding hydrogens is 289 g/mol. The predicted octanol–water partition coefficient (Wildman–Crippen LogP) is 1.13. The van der Waals surface area contributed by atoms with Crippen LogP contribution in [0.2, 0.25) is 0 Å². The van der Waals surface area contributed by atoms with Crippen LogP contribution in [0, 0.1) is 0 Å². The Labute approximate surface area is 137 Å². The molecule has 1 aliphatic heterocycles. The lowest BCUT2D eigenvalue weighted by molar-refractivity contribution is 0.0526. The van der Waals surface area contributed by atoms with E-state index in [9.17, 15) is 4.79 Å². The summed E-state index contributed by atoms with van der Waals surface area (Å²) >= 11 is 0. The van der Waals surface area contributed by atoms with Crippen LogP contribution in [-0.4, -0.2) is 44.5 Å². The van der Waals surface area contributed by atoms with Crippen LogP contribution in [0.25, 0.3) is 10.9 Å². The van der Waals surface area contributed by atoms with Crippen molar-refractivity contribution >= 4 is 35.9 Å². The molecular formula is C17H20BN3O2. The summed E-state index contributed by atoms with van der Waals surface area (Å²) in [5.74, 6) is -0.353. The molecule has 0 bridgehead atoms. The second-order valence-corrected chi connectivity index (χ2v) is 5.84. The topological polar surface area (TPSA) is 68.5 Å². The molecule has 2 aromatic rings. The summed E-state index contributed by atoms with van der Waals surface area (Å²) < 4.78 is 5.20. The summed E-state index contributed by atoms with van der Waals surface area (Å²) in [5.41, 5.74) is 8.81. The molecule has 2 N–H and O–H groups in total. The van der Waals surface area contributed by atoms with Crippen molar-refractivity contribution in [2.24, 2.45) is 5.73 Å². The zero-order valence-corrected chi connectivity index (χ0v) is 13.3. The monoisotopic (exact) mass is 309 g/mol. The molecule has 5 nitrogen and oxygen atoms in total. The molecule has 1 saturated heterocycles. The molecule has 0 aliphatic carbocycles. The summed E-state index contributed by atoms with van der Waals surface area (Å²) in [6.45, 7) is 3.74. The van der Waals surface area contributed by atoms with E-state index < -0.39 is 0 Å². The molecule has 1 aliphatic rings. The fourth-order valence-electron chi connectivity index (χ4n) is 3.02. The van der Waals surface area contributed by atoms with Crippen LogP contribution in [0.1, 0.15) is 30.1 Å². The highest BCUT2D eigenvalue weighted by atomic mass is 16.5. The highest BCUT2D eigenvalue weighted by Gasteiger charge is 2.24. The minimum atomic E-state index is -0.353. The van der Waals surface area contributed by atoms with E-state index in [0.717, 1.165) is 42.5 Å². The SMILES string of the molecule is [B]c1ccc2ncc(C(=O)OCC)c(N3CCC(N)CC3)c2c1. The number of rotatable bonds is 3. The van der Waals surface area contributed by atoms with Crippen LogP contribution in [0.4, 0.5) is 5.69 Å². The number of carbonyl (C=O) groups is 1. The number of carbonyl (C=O) groups excluding carboxylic acids is 1. The van der Waals surface area contributed by atoms with Crippen molar-refractivity contribution in [2.45, 2.75) is 25.8 Å². The van der Waals surface area contributed by atoms with Crippen LogP contribution in [-0.2, 0) is 4.74 Å². The quantitative estimate of drug-likeness (QED) is 0.680. The zero-order valence-electron chi connectivity index (χ0n) is 13.3. The maximum absolute atomic E-state index is 12.4. The zero-order chi connectivity index (χ0) is 16.4. The van der Waals surface area contributed by atoms with Gasteiger partial charge in [0.15, 0.2) is 0 Å². The molecule has 0 atom stereocenters.